The monoisotopic (exact) mass is 475 g/mol. The summed E-state index contributed by atoms with van der Waals surface area (Å²) in [4.78, 5) is 22.8. The molecular weight excluding hydrogens is 438 g/mol. The van der Waals surface area contributed by atoms with Crippen molar-refractivity contribution >= 4 is 11.6 Å². The van der Waals surface area contributed by atoms with E-state index in [1.165, 1.54) is 5.56 Å². The lowest BCUT2D eigenvalue weighted by Gasteiger charge is -2.43. The number of benzene rings is 1. The first-order chi connectivity index (χ1) is 16.9. The van der Waals surface area contributed by atoms with Crippen molar-refractivity contribution < 1.29 is 9.53 Å². The highest BCUT2D eigenvalue weighted by Gasteiger charge is 2.42. The Balaban J connectivity index is 1.28. The first-order valence-corrected chi connectivity index (χ1v) is 12.9. The Labute approximate surface area is 208 Å². The summed E-state index contributed by atoms with van der Waals surface area (Å²) in [5.74, 6) is 1.25. The number of para-hydroxylation sites is 1. The molecule has 35 heavy (non-hydrogen) atoms. The second kappa shape index (κ2) is 9.97. The lowest BCUT2D eigenvalue weighted by atomic mass is 9.73. The quantitative estimate of drug-likeness (QED) is 0.556. The second-order valence-corrected chi connectivity index (χ2v) is 10.4. The average molecular weight is 476 g/mol. The maximum atomic E-state index is 13.7. The second-order valence-electron chi connectivity index (χ2n) is 10.4. The normalized spacial score (nSPS) is 19.7. The van der Waals surface area contributed by atoms with Gasteiger partial charge in [0.15, 0.2) is 5.65 Å². The van der Waals surface area contributed by atoms with Gasteiger partial charge in [0.1, 0.15) is 12.4 Å². The van der Waals surface area contributed by atoms with Crippen LogP contribution in [0.1, 0.15) is 54.6 Å². The predicted molar refractivity (Wildman–Crippen MR) is 137 cm³/mol. The Kier molecular flexibility index (Phi) is 6.78. The highest BCUT2D eigenvalue weighted by atomic mass is 16.5. The van der Waals surface area contributed by atoms with Crippen LogP contribution in [-0.4, -0.2) is 63.6 Å². The van der Waals surface area contributed by atoms with Crippen molar-refractivity contribution in [1.82, 2.24) is 24.4 Å². The minimum Gasteiger partial charge on any atom is -0.491 e. The van der Waals surface area contributed by atoms with E-state index in [-0.39, 0.29) is 5.41 Å². The number of hydrogen-bond donors (Lipinski definition) is 0. The van der Waals surface area contributed by atoms with Crippen LogP contribution in [0.3, 0.4) is 0 Å². The molecule has 1 amide bonds. The lowest BCUT2D eigenvalue weighted by Crippen LogP contribution is -2.50. The molecular formula is C28H37N5O2. The van der Waals surface area contributed by atoms with Gasteiger partial charge < -0.3 is 9.64 Å². The van der Waals surface area contributed by atoms with E-state index < -0.39 is 0 Å². The summed E-state index contributed by atoms with van der Waals surface area (Å²) >= 11 is 0. The first-order valence-electron chi connectivity index (χ1n) is 12.9. The Morgan fingerprint density at radius 3 is 2.69 bits per heavy atom. The number of ether oxygens (including phenoxy) is 1. The van der Waals surface area contributed by atoms with Crippen LogP contribution in [0, 0.1) is 19.3 Å². The zero-order valence-corrected chi connectivity index (χ0v) is 21.3. The van der Waals surface area contributed by atoms with Gasteiger partial charge in [-0.15, -0.1) is 0 Å². The number of likely N-dealkylation sites (tertiary alicyclic amines) is 1. The minimum absolute atomic E-state index is 0.267. The molecule has 1 saturated heterocycles. The van der Waals surface area contributed by atoms with Crippen LogP contribution in [0.4, 0.5) is 0 Å². The number of fused-ring (bicyclic) bond motifs is 2. The molecule has 0 unspecified atom stereocenters. The number of hydrogen-bond acceptors (Lipinski definition) is 5. The molecule has 0 saturated carbocycles. The Hall–Kier alpha value is -2.93. The summed E-state index contributed by atoms with van der Waals surface area (Å²) in [6, 6.07) is 10.4. The van der Waals surface area contributed by atoms with Crippen LogP contribution in [0.5, 0.6) is 5.75 Å². The van der Waals surface area contributed by atoms with Crippen molar-refractivity contribution in [2.24, 2.45) is 5.41 Å². The molecule has 0 radical (unpaired) electrons. The molecule has 7 heteroatoms. The molecule has 1 spiro atoms. The predicted octanol–water partition coefficient (Wildman–Crippen LogP) is 4.19. The maximum absolute atomic E-state index is 13.7. The molecule has 2 aliphatic heterocycles. The smallest absolute Gasteiger partial charge is 0.228 e. The van der Waals surface area contributed by atoms with Gasteiger partial charge in [0.2, 0.25) is 5.91 Å². The minimum atomic E-state index is -0.267. The van der Waals surface area contributed by atoms with Crippen LogP contribution in [0.15, 0.2) is 36.5 Å². The molecule has 0 bridgehead atoms. The van der Waals surface area contributed by atoms with E-state index in [4.69, 9.17) is 9.72 Å². The molecule has 3 aromatic rings. The molecule has 2 aromatic heterocycles. The molecule has 0 aliphatic carbocycles. The van der Waals surface area contributed by atoms with E-state index in [1.807, 2.05) is 41.7 Å². The molecule has 2 aliphatic rings. The van der Waals surface area contributed by atoms with Gasteiger partial charge in [-0.25, -0.2) is 9.50 Å². The third-order valence-corrected chi connectivity index (χ3v) is 7.87. The fourth-order valence-electron chi connectivity index (χ4n) is 5.81. The summed E-state index contributed by atoms with van der Waals surface area (Å²) < 4.78 is 8.00. The molecule has 0 N–H and O–H groups in total. The van der Waals surface area contributed by atoms with E-state index in [9.17, 15) is 4.79 Å². The Bertz CT molecular complexity index is 1200. The van der Waals surface area contributed by atoms with E-state index in [1.54, 1.807) is 0 Å². The van der Waals surface area contributed by atoms with Crippen LogP contribution in [0.2, 0.25) is 0 Å². The van der Waals surface area contributed by atoms with E-state index in [0.29, 0.717) is 19.1 Å². The molecule has 0 atom stereocenters. The van der Waals surface area contributed by atoms with E-state index in [0.717, 1.165) is 86.5 Å². The highest BCUT2D eigenvalue weighted by Crippen LogP contribution is 2.39. The zero-order chi connectivity index (χ0) is 24.4. The summed E-state index contributed by atoms with van der Waals surface area (Å²) in [6.45, 7) is 7.90. The van der Waals surface area contributed by atoms with Gasteiger partial charge in [0.25, 0.3) is 0 Å². The van der Waals surface area contributed by atoms with Gasteiger partial charge >= 0.3 is 0 Å². The molecule has 7 nitrogen and oxygen atoms in total. The topological polar surface area (TPSA) is 63.0 Å². The van der Waals surface area contributed by atoms with Gasteiger partial charge in [-0.2, -0.15) is 5.10 Å². The molecule has 1 fully saturated rings. The highest BCUT2D eigenvalue weighted by molar-refractivity contribution is 5.82. The van der Waals surface area contributed by atoms with Crippen LogP contribution in [0.25, 0.3) is 5.65 Å². The SMILES string of the molecule is Cc1cc(C)n2ncc(CN3CCC4(CCCCc5ccccc5OCCN(C)C4=O)CC3)c2n1. The zero-order valence-electron chi connectivity index (χ0n) is 21.3. The van der Waals surface area contributed by atoms with Crippen molar-refractivity contribution in [2.45, 2.75) is 58.9 Å². The van der Waals surface area contributed by atoms with Crippen molar-refractivity contribution in [1.29, 1.82) is 0 Å². The number of likely N-dealkylation sites (N-methyl/N-ethyl adjacent to an activating group) is 1. The van der Waals surface area contributed by atoms with E-state index >= 15 is 0 Å². The van der Waals surface area contributed by atoms with Crippen molar-refractivity contribution in [2.75, 3.05) is 33.3 Å². The van der Waals surface area contributed by atoms with Crippen LogP contribution < -0.4 is 4.74 Å². The van der Waals surface area contributed by atoms with Gasteiger partial charge in [0.05, 0.1) is 18.2 Å². The van der Waals surface area contributed by atoms with Crippen molar-refractivity contribution in [3.8, 4) is 5.75 Å². The maximum Gasteiger partial charge on any atom is 0.228 e. The number of rotatable bonds is 2. The van der Waals surface area contributed by atoms with Gasteiger partial charge in [-0.05, 0) is 76.7 Å². The lowest BCUT2D eigenvalue weighted by molar-refractivity contribution is -0.145. The summed E-state index contributed by atoms with van der Waals surface area (Å²) in [6.07, 6.45) is 7.86. The Morgan fingerprint density at radius 1 is 1.06 bits per heavy atom. The van der Waals surface area contributed by atoms with Crippen molar-refractivity contribution in [3.05, 3.63) is 59.0 Å². The van der Waals surface area contributed by atoms with Gasteiger partial charge in [-0.1, -0.05) is 24.6 Å². The standard InChI is InChI=1S/C28H37N5O2/c1-21-18-22(2)33-26(30-21)24(19-29-33)20-32-14-12-28(13-15-32)11-7-6-9-23-8-4-5-10-25(23)35-17-16-31(3)27(28)34/h4-5,8,10,18-19H,6-7,9,11-17,20H2,1-3H3. The molecule has 5 rings (SSSR count). The number of aryl methyl sites for hydroxylation is 3. The number of piperidine rings is 1. The molecule has 1 aromatic carbocycles. The van der Waals surface area contributed by atoms with Gasteiger partial charge in [-0.3, -0.25) is 9.69 Å². The average Bonchev–Trinajstić information content (AvgIpc) is 3.25. The number of aromatic nitrogens is 3. The van der Waals surface area contributed by atoms with E-state index in [2.05, 4.69) is 35.1 Å². The third-order valence-electron chi connectivity index (χ3n) is 7.87. The number of carbonyl (C=O) groups excluding carboxylic acids is 1. The first kappa shape index (κ1) is 23.8. The summed E-state index contributed by atoms with van der Waals surface area (Å²) in [7, 11) is 1.94. The number of amides is 1. The Morgan fingerprint density at radius 2 is 1.86 bits per heavy atom. The third kappa shape index (κ3) is 4.92. The largest absolute Gasteiger partial charge is 0.491 e. The summed E-state index contributed by atoms with van der Waals surface area (Å²) in [5, 5.41) is 4.56. The molecule has 4 heterocycles. The molecule has 186 valence electrons. The fraction of sp³-hybridized carbons (Fsp3) is 0.536. The number of nitrogens with zero attached hydrogens (tertiary/aromatic N) is 5. The van der Waals surface area contributed by atoms with Gasteiger partial charge in [0, 0.05) is 30.5 Å². The van der Waals surface area contributed by atoms with Crippen LogP contribution in [-0.2, 0) is 17.8 Å². The fourth-order valence-corrected chi connectivity index (χ4v) is 5.81. The van der Waals surface area contributed by atoms with Crippen LogP contribution >= 0.6 is 0 Å². The van der Waals surface area contributed by atoms with Crippen molar-refractivity contribution in [3.63, 3.8) is 0 Å². The summed E-state index contributed by atoms with van der Waals surface area (Å²) in [5.41, 5.74) is 5.23. The number of carbonyl (C=O) groups is 1.